The van der Waals surface area contributed by atoms with Crippen LogP contribution in [0.4, 0.5) is 19.0 Å². The molecule has 4 aromatic rings. The molecule has 27 heavy (non-hydrogen) atoms. The maximum Gasteiger partial charge on any atom is 0.453 e. The summed E-state index contributed by atoms with van der Waals surface area (Å²) in [5.74, 6) is -0.163. The van der Waals surface area contributed by atoms with E-state index in [1.165, 1.54) is 0 Å². The van der Waals surface area contributed by atoms with Crippen LogP contribution in [0.3, 0.4) is 0 Å². The largest absolute Gasteiger partial charge is 0.453 e. The molecule has 0 aliphatic heterocycles. The van der Waals surface area contributed by atoms with E-state index in [0.29, 0.717) is 22.8 Å². The van der Waals surface area contributed by atoms with Crippen LogP contribution in [0.5, 0.6) is 0 Å². The molecule has 0 atom stereocenters. The lowest BCUT2D eigenvalue weighted by Crippen LogP contribution is -2.15. The number of aromatic amines is 1. The Morgan fingerprint density at radius 3 is 2.59 bits per heavy atom. The molecule has 0 spiro atoms. The maximum absolute atomic E-state index is 13.1. The van der Waals surface area contributed by atoms with Crippen LogP contribution in [0.15, 0.2) is 18.2 Å². The van der Waals surface area contributed by atoms with Crippen LogP contribution >= 0.6 is 0 Å². The van der Waals surface area contributed by atoms with E-state index in [-0.39, 0.29) is 12.2 Å². The Bertz CT molecular complexity index is 1160. The molecule has 4 rings (SSSR count). The smallest absolute Gasteiger partial charge is 0.361 e. The van der Waals surface area contributed by atoms with Crippen molar-refractivity contribution in [3.63, 3.8) is 0 Å². The van der Waals surface area contributed by atoms with Crippen molar-refractivity contribution in [2.24, 2.45) is 0 Å². The Balaban J connectivity index is 1.70. The molecule has 0 fully saturated rings. The third kappa shape index (κ3) is 2.86. The lowest BCUT2D eigenvalue weighted by molar-refractivity contribution is -0.146. The quantitative estimate of drug-likeness (QED) is 0.572. The van der Waals surface area contributed by atoms with Crippen molar-refractivity contribution < 1.29 is 13.2 Å². The summed E-state index contributed by atoms with van der Waals surface area (Å²) in [4.78, 5) is 7.73. The van der Waals surface area contributed by atoms with E-state index in [1.807, 2.05) is 25.1 Å². The minimum absolute atomic E-state index is 0.0877. The number of hydrogen-bond donors (Lipinski definition) is 2. The fraction of sp³-hybridized carbons (Fsp3) is 0.294. The normalized spacial score (nSPS) is 12.2. The van der Waals surface area contributed by atoms with Crippen LogP contribution in [0, 0.1) is 20.8 Å². The van der Waals surface area contributed by atoms with Crippen LogP contribution in [0.1, 0.15) is 28.3 Å². The van der Waals surface area contributed by atoms with Crippen LogP contribution < -0.4 is 5.32 Å². The number of nitrogens with zero attached hydrogens (tertiary/aromatic N) is 5. The number of nitrogens with one attached hydrogen (secondary N) is 2. The van der Waals surface area contributed by atoms with Gasteiger partial charge in [-0.15, -0.1) is 15.3 Å². The van der Waals surface area contributed by atoms with Crippen molar-refractivity contribution in [3.05, 3.63) is 46.5 Å². The minimum Gasteiger partial charge on any atom is -0.361 e. The maximum atomic E-state index is 13.1. The molecule has 0 bridgehead atoms. The summed E-state index contributed by atoms with van der Waals surface area (Å²) >= 11 is 0. The highest BCUT2D eigenvalue weighted by molar-refractivity contribution is 5.78. The summed E-state index contributed by atoms with van der Waals surface area (Å²) in [5.41, 5.74) is 4.18. The highest BCUT2D eigenvalue weighted by Gasteiger charge is 2.38. The minimum atomic E-state index is -4.64. The lowest BCUT2D eigenvalue weighted by Gasteiger charge is -2.11. The zero-order valence-corrected chi connectivity index (χ0v) is 14.8. The van der Waals surface area contributed by atoms with Crippen molar-refractivity contribution in [3.8, 4) is 0 Å². The van der Waals surface area contributed by atoms with Gasteiger partial charge in [-0.3, -0.25) is 0 Å². The molecule has 0 saturated carbocycles. The molecule has 3 aromatic heterocycles. The number of H-pyrrole nitrogens is 1. The van der Waals surface area contributed by atoms with Gasteiger partial charge in [0, 0.05) is 5.56 Å². The summed E-state index contributed by atoms with van der Waals surface area (Å²) in [6, 6.07) is 5.82. The van der Waals surface area contributed by atoms with Gasteiger partial charge in [-0.1, -0.05) is 12.1 Å². The zero-order chi connectivity index (χ0) is 19.3. The molecular weight excluding hydrogens is 359 g/mol. The van der Waals surface area contributed by atoms with Gasteiger partial charge in [-0.25, -0.2) is 4.98 Å². The number of imidazole rings is 1. The molecule has 0 aliphatic rings. The number of para-hydroxylation sites is 1. The van der Waals surface area contributed by atoms with Crippen LogP contribution in [-0.4, -0.2) is 29.8 Å². The zero-order valence-electron chi connectivity index (χ0n) is 14.8. The second kappa shape index (κ2) is 5.93. The molecule has 2 N–H and O–H groups in total. The monoisotopic (exact) mass is 375 g/mol. The Morgan fingerprint density at radius 1 is 1.11 bits per heavy atom. The highest BCUT2D eigenvalue weighted by atomic mass is 19.4. The number of hydrogen-bond acceptors (Lipinski definition) is 5. The number of benzene rings is 1. The first-order chi connectivity index (χ1) is 12.8. The molecule has 140 valence electrons. The summed E-state index contributed by atoms with van der Waals surface area (Å²) in [6.45, 7) is 5.72. The molecule has 0 amide bonds. The van der Waals surface area contributed by atoms with Crippen LogP contribution in [-0.2, 0) is 12.7 Å². The van der Waals surface area contributed by atoms with Crippen molar-refractivity contribution in [2.45, 2.75) is 33.5 Å². The van der Waals surface area contributed by atoms with Gasteiger partial charge in [0.05, 0.1) is 17.6 Å². The average molecular weight is 375 g/mol. The fourth-order valence-corrected chi connectivity index (χ4v) is 2.95. The molecule has 0 radical (unpaired) electrons. The van der Waals surface area contributed by atoms with E-state index >= 15 is 0 Å². The van der Waals surface area contributed by atoms with E-state index < -0.39 is 12.0 Å². The lowest BCUT2D eigenvalue weighted by atomic mass is 10.2. The molecule has 10 heteroatoms. The average Bonchev–Trinajstić information content (AvgIpc) is 3.21. The first-order valence-corrected chi connectivity index (χ1v) is 8.23. The first kappa shape index (κ1) is 17.3. The molecule has 1 aromatic carbocycles. The number of fused-ring (bicyclic) bond motifs is 2. The molecule has 7 nitrogen and oxygen atoms in total. The third-order valence-electron chi connectivity index (χ3n) is 4.53. The topological polar surface area (TPSA) is 83.8 Å². The second-order valence-electron chi connectivity index (χ2n) is 6.36. The SMILES string of the molecule is Cc1c(NCc2nc3c(C)cccc3[nH]2)nn2c(C(F)(F)F)nnc2c1C. The predicted molar refractivity (Wildman–Crippen MR) is 93.4 cm³/mol. The van der Waals surface area contributed by atoms with Crippen molar-refractivity contribution >= 4 is 22.5 Å². The van der Waals surface area contributed by atoms with E-state index in [9.17, 15) is 13.2 Å². The standard InChI is InChI=1S/C17H16F3N7/c1-8-5-4-6-11-13(8)23-12(22-11)7-21-14-9(2)10(3)15-24-25-16(17(18,19)20)27(15)26-14/h4-6H,7H2,1-3H3,(H,21,26)(H,22,23). The summed E-state index contributed by atoms with van der Waals surface area (Å²) in [7, 11) is 0. The van der Waals surface area contributed by atoms with E-state index in [1.54, 1.807) is 13.8 Å². The van der Waals surface area contributed by atoms with Gasteiger partial charge in [-0.05, 0) is 38.0 Å². The van der Waals surface area contributed by atoms with E-state index in [0.717, 1.165) is 21.1 Å². The van der Waals surface area contributed by atoms with Gasteiger partial charge >= 0.3 is 6.18 Å². The van der Waals surface area contributed by atoms with Crippen LogP contribution in [0.25, 0.3) is 16.7 Å². The summed E-state index contributed by atoms with van der Waals surface area (Å²) in [6.07, 6.45) is -4.64. The Labute approximate surface area is 151 Å². The van der Waals surface area contributed by atoms with Crippen molar-refractivity contribution in [1.29, 1.82) is 0 Å². The van der Waals surface area contributed by atoms with Gasteiger partial charge in [-0.2, -0.15) is 17.7 Å². The molecule has 0 aliphatic carbocycles. The number of rotatable bonds is 3. The van der Waals surface area contributed by atoms with E-state index in [2.05, 4.69) is 30.6 Å². The molecule has 3 heterocycles. The van der Waals surface area contributed by atoms with Crippen molar-refractivity contribution in [2.75, 3.05) is 5.32 Å². The molecule has 0 saturated heterocycles. The van der Waals surface area contributed by atoms with Gasteiger partial charge < -0.3 is 10.3 Å². The van der Waals surface area contributed by atoms with Gasteiger partial charge in [0.1, 0.15) is 5.82 Å². The number of aromatic nitrogens is 6. The number of alkyl halides is 3. The third-order valence-corrected chi connectivity index (χ3v) is 4.53. The molecular formula is C17H16F3N7. The van der Waals surface area contributed by atoms with Crippen molar-refractivity contribution in [1.82, 2.24) is 29.8 Å². The summed E-state index contributed by atoms with van der Waals surface area (Å²) < 4.78 is 40.1. The van der Waals surface area contributed by atoms with Gasteiger partial charge in [0.15, 0.2) is 11.5 Å². The fourth-order valence-electron chi connectivity index (χ4n) is 2.95. The Hall–Kier alpha value is -3.17. The van der Waals surface area contributed by atoms with E-state index in [4.69, 9.17) is 0 Å². The summed E-state index contributed by atoms with van der Waals surface area (Å²) in [5, 5.41) is 14.0. The highest BCUT2D eigenvalue weighted by Crippen LogP contribution is 2.29. The number of halogens is 3. The number of aryl methyl sites for hydroxylation is 2. The predicted octanol–water partition coefficient (Wildman–Crippen LogP) is 3.56. The second-order valence-corrected chi connectivity index (χ2v) is 6.36. The van der Waals surface area contributed by atoms with Gasteiger partial charge in [0.25, 0.3) is 5.82 Å². The van der Waals surface area contributed by atoms with Gasteiger partial charge in [0.2, 0.25) is 0 Å². The van der Waals surface area contributed by atoms with Crippen LogP contribution in [0.2, 0.25) is 0 Å². The Kier molecular flexibility index (Phi) is 3.79. The Morgan fingerprint density at radius 2 is 1.89 bits per heavy atom. The first-order valence-electron chi connectivity index (χ1n) is 8.23. The number of anilines is 1. The molecule has 0 unspecified atom stereocenters.